The Morgan fingerprint density at radius 3 is 2.89 bits per heavy atom. The molecule has 1 saturated carbocycles. The van der Waals surface area contributed by atoms with Crippen LogP contribution in [0, 0.1) is 5.92 Å². The Morgan fingerprint density at radius 1 is 1.39 bits per heavy atom. The van der Waals surface area contributed by atoms with Crippen molar-refractivity contribution in [2.75, 3.05) is 0 Å². The van der Waals surface area contributed by atoms with Gasteiger partial charge in [-0.05, 0) is 44.2 Å². The van der Waals surface area contributed by atoms with Crippen LogP contribution >= 0.6 is 22.9 Å². The molecule has 0 N–H and O–H groups in total. The molecule has 0 aromatic carbocycles. The molecule has 1 aromatic rings. The highest BCUT2D eigenvalue weighted by atomic mass is 35.5. The zero-order valence-corrected chi connectivity index (χ0v) is 12.1. The molecule has 0 spiro atoms. The molecule has 1 aliphatic carbocycles. The predicted octanol–water partition coefficient (Wildman–Crippen LogP) is 4.19. The summed E-state index contributed by atoms with van der Waals surface area (Å²) in [7, 11) is 0. The number of nitrogens with zero attached hydrogens (tertiary/aromatic N) is 1. The average molecular weight is 284 g/mol. The van der Waals surface area contributed by atoms with E-state index in [0.717, 1.165) is 10.8 Å². The van der Waals surface area contributed by atoms with Crippen molar-refractivity contribution in [2.45, 2.75) is 51.1 Å². The van der Waals surface area contributed by atoms with E-state index in [2.05, 4.69) is 11.8 Å². The summed E-state index contributed by atoms with van der Waals surface area (Å²) in [5.41, 5.74) is 0. The summed E-state index contributed by atoms with van der Waals surface area (Å²) in [6, 6.07) is 4.53. The van der Waals surface area contributed by atoms with E-state index >= 15 is 0 Å². The Kier molecular flexibility index (Phi) is 3.37. The number of hydrogen-bond acceptors (Lipinski definition) is 2. The van der Waals surface area contributed by atoms with Gasteiger partial charge in [0.15, 0.2) is 0 Å². The van der Waals surface area contributed by atoms with E-state index in [9.17, 15) is 4.79 Å². The second kappa shape index (κ2) is 4.86. The lowest BCUT2D eigenvalue weighted by atomic mass is 9.85. The molecule has 3 unspecified atom stereocenters. The number of halogens is 1. The highest BCUT2D eigenvalue weighted by Crippen LogP contribution is 2.40. The summed E-state index contributed by atoms with van der Waals surface area (Å²) in [6.07, 6.45) is 6.25. The molecule has 3 rings (SSSR count). The maximum absolute atomic E-state index is 12.6. The van der Waals surface area contributed by atoms with Crippen LogP contribution in [0.5, 0.6) is 0 Å². The number of amides is 1. The van der Waals surface area contributed by atoms with Crippen LogP contribution in [-0.2, 0) is 0 Å². The molecule has 18 heavy (non-hydrogen) atoms. The number of carbonyl (C=O) groups is 1. The van der Waals surface area contributed by atoms with E-state index < -0.39 is 0 Å². The van der Waals surface area contributed by atoms with Crippen molar-refractivity contribution in [3.05, 3.63) is 21.3 Å². The summed E-state index contributed by atoms with van der Waals surface area (Å²) < 4.78 is 0.699. The number of rotatable bonds is 1. The Balaban J connectivity index is 1.84. The zero-order chi connectivity index (χ0) is 12.7. The summed E-state index contributed by atoms with van der Waals surface area (Å²) in [6.45, 7) is 2.19. The summed E-state index contributed by atoms with van der Waals surface area (Å²) in [4.78, 5) is 15.5. The van der Waals surface area contributed by atoms with E-state index in [1.165, 1.54) is 43.4 Å². The first-order chi connectivity index (χ1) is 8.66. The third-order valence-electron chi connectivity index (χ3n) is 4.36. The molecular weight excluding hydrogens is 266 g/mol. The molecule has 3 atom stereocenters. The third kappa shape index (κ3) is 2.08. The van der Waals surface area contributed by atoms with Crippen LogP contribution < -0.4 is 0 Å². The summed E-state index contributed by atoms with van der Waals surface area (Å²) in [5, 5.41) is 0. The normalized spacial score (nSPS) is 31.4. The van der Waals surface area contributed by atoms with Gasteiger partial charge in [-0.3, -0.25) is 4.79 Å². The van der Waals surface area contributed by atoms with Crippen LogP contribution in [0.4, 0.5) is 0 Å². The second-order valence-corrected chi connectivity index (χ2v) is 7.23. The highest BCUT2D eigenvalue weighted by molar-refractivity contribution is 7.17. The van der Waals surface area contributed by atoms with Crippen LogP contribution in [-0.4, -0.2) is 22.9 Å². The first-order valence-electron chi connectivity index (χ1n) is 6.75. The number of likely N-dealkylation sites (tertiary alicyclic amines) is 1. The minimum atomic E-state index is 0.189. The van der Waals surface area contributed by atoms with Crippen LogP contribution in [0.15, 0.2) is 12.1 Å². The van der Waals surface area contributed by atoms with Gasteiger partial charge in [-0.15, -0.1) is 11.3 Å². The molecule has 1 saturated heterocycles. The topological polar surface area (TPSA) is 20.3 Å². The molecule has 2 fully saturated rings. The maximum Gasteiger partial charge on any atom is 0.264 e. The molecule has 98 valence electrons. The first-order valence-corrected chi connectivity index (χ1v) is 7.94. The monoisotopic (exact) mass is 283 g/mol. The molecule has 2 aliphatic rings. The quantitative estimate of drug-likeness (QED) is 0.757. The molecule has 1 amide bonds. The molecule has 2 nitrogen and oxygen atoms in total. The van der Waals surface area contributed by atoms with Crippen molar-refractivity contribution in [3.63, 3.8) is 0 Å². The van der Waals surface area contributed by atoms with Gasteiger partial charge in [-0.1, -0.05) is 24.4 Å². The van der Waals surface area contributed by atoms with Gasteiger partial charge in [0.2, 0.25) is 0 Å². The summed E-state index contributed by atoms with van der Waals surface area (Å²) in [5.74, 6) is 0.918. The second-order valence-electron chi connectivity index (χ2n) is 5.51. The van der Waals surface area contributed by atoms with E-state index in [-0.39, 0.29) is 5.91 Å². The number of fused-ring (bicyclic) bond motifs is 1. The fourth-order valence-electron chi connectivity index (χ4n) is 3.62. The molecule has 0 radical (unpaired) electrons. The smallest absolute Gasteiger partial charge is 0.264 e. The van der Waals surface area contributed by atoms with Gasteiger partial charge < -0.3 is 4.90 Å². The van der Waals surface area contributed by atoms with Crippen molar-refractivity contribution in [3.8, 4) is 0 Å². The molecule has 1 aromatic heterocycles. The Morgan fingerprint density at radius 2 is 2.17 bits per heavy atom. The van der Waals surface area contributed by atoms with E-state index in [4.69, 9.17) is 11.6 Å². The lowest BCUT2D eigenvalue weighted by Gasteiger charge is -2.33. The molecule has 0 bridgehead atoms. The van der Waals surface area contributed by atoms with Crippen molar-refractivity contribution >= 4 is 28.8 Å². The van der Waals surface area contributed by atoms with Crippen LogP contribution in [0.25, 0.3) is 0 Å². The molecular formula is C14H18ClNOS. The summed E-state index contributed by atoms with van der Waals surface area (Å²) >= 11 is 7.33. The number of hydrogen-bond donors (Lipinski definition) is 0. The lowest BCUT2D eigenvalue weighted by Crippen LogP contribution is -2.42. The van der Waals surface area contributed by atoms with Crippen LogP contribution in [0.2, 0.25) is 4.34 Å². The minimum absolute atomic E-state index is 0.189. The van der Waals surface area contributed by atoms with E-state index in [1.54, 1.807) is 0 Å². The van der Waals surface area contributed by atoms with Gasteiger partial charge in [0.05, 0.1) is 9.21 Å². The van der Waals surface area contributed by atoms with Crippen molar-refractivity contribution < 1.29 is 4.79 Å². The Bertz CT molecular complexity index is 458. The first kappa shape index (κ1) is 12.5. The van der Waals surface area contributed by atoms with Crippen LogP contribution in [0.3, 0.4) is 0 Å². The van der Waals surface area contributed by atoms with Gasteiger partial charge in [0.1, 0.15) is 0 Å². The predicted molar refractivity (Wildman–Crippen MR) is 75.3 cm³/mol. The molecule has 4 heteroatoms. The molecule has 1 aliphatic heterocycles. The van der Waals surface area contributed by atoms with Gasteiger partial charge >= 0.3 is 0 Å². The zero-order valence-electron chi connectivity index (χ0n) is 10.6. The van der Waals surface area contributed by atoms with Gasteiger partial charge in [-0.25, -0.2) is 0 Å². The largest absolute Gasteiger partial charge is 0.332 e. The van der Waals surface area contributed by atoms with Gasteiger partial charge in [-0.2, -0.15) is 0 Å². The van der Waals surface area contributed by atoms with Crippen molar-refractivity contribution in [2.24, 2.45) is 5.92 Å². The maximum atomic E-state index is 12.6. The van der Waals surface area contributed by atoms with Gasteiger partial charge in [0.25, 0.3) is 5.91 Å². The van der Waals surface area contributed by atoms with Crippen molar-refractivity contribution in [1.82, 2.24) is 4.90 Å². The SMILES string of the molecule is CC1CC2CCCCC2N1C(=O)c1ccc(Cl)s1. The highest BCUT2D eigenvalue weighted by Gasteiger charge is 2.42. The fourth-order valence-corrected chi connectivity index (χ4v) is 4.60. The van der Waals surface area contributed by atoms with Crippen LogP contribution in [0.1, 0.15) is 48.7 Å². The van der Waals surface area contributed by atoms with E-state index in [1.807, 2.05) is 12.1 Å². The number of carbonyl (C=O) groups excluding carboxylic acids is 1. The lowest BCUT2D eigenvalue weighted by molar-refractivity contribution is 0.0638. The Hall–Kier alpha value is -0.540. The molecule has 2 heterocycles. The third-order valence-corrected chi connectivity index (χ3v) is 5.58. The fraction of sp³-hybridized carbons (Fsp3) is 0.643. The van der Waals surface area contributed by atoms with Gasteiger partial charge in [0, 0.05) is 12.1 Å². The Labute approximate surface area is 117 Å². The van der Waals surface area contributed by atoms with Crippen molar-refractivity contribution in [1.29, 1.82) is 0 Å². The van der Waals surface area contributed by atoms with E-state index in [0.29, 0.717) is 16.4 Å². The average Bonchev–Trinajstić information content (AvgIpc) is 2.91. The standard InChI is InChI=1S/C14H18ClNOS/c1-9-8-10-4-2-3-5-11(10)16(9)14(17)12-6-7-13(15)18-12/h6-7,9-11H,2-5,8H2,1H3. The number of thiophene rings is 1. The minimum Gasteiger partial charge on any atom is -0.332 e.